The lowest BCUT2D eigenvalue weighted by molar-refractivity contribution is -0.137. The molecule has 0 unspecified atom stereocenters. The fraction of sp³-hybridized carbons (Fsp3) is 0.880. The number of amides is 1. The van der Waals surface area contributed by atoms with Crippen molar-refractivity contribution in [2.45, 2.75) is 122 Å². The smallest absolute Gasteiger partial charge is 0.303 e. The Labute approximate surface area is 183 Å². The lowest BCUT2D eigenvalue weighted by Crippen LogP contribution is -2.32. The van der Waals surface area contributed by atoms with E-state index >= 15 is 0 Å². The monoisotopic (exact) mass is 423 g/mol. The third kappa shape index (κ3) is 14.6. The fourth-order valence-electron chi connectivity index (χ4n) is 4.45. The summed E-state index contributed by atoms with van der Waals surface area (Å²) in [6.45, 7) is 2.48. The van der Waals surface area contributed by atoms with Gasteiger partial charge in [-0.15, -0.1) is 0 Å². The van der Waals surface area contributed by atoms with Gasteiger partial charge in [0.15, 0.2) is 0 Å². The van der Waals surface area contributed by atoms with Gasteiger partial charge in [0.2, 0.25) is 5.91 Å². The van der Waals surface area contributed by atoms with E-state index in [2.05, 4.69) is 5.32 Å². The molecular formula is C25H45NO4. The Morgan fingerprint density at radius 3 is 1.57 bits per heavy atom. The first-order valence-corrected chi connectivity index (χ1v) is 12.5. The van der Waals surface area contributed by atoms with Gasteiger partial charge in [-0.3, -0.25) is 14.4 Å². The lowest BCUT2D eigenvalue weighted by atomic mass is 9.80. The fourth-order valence-corrected chi connectivity index (χ4v) is 4.45. The Morgan fingerprint density at radius 1 is 0.700 bits per heavy atom. The molecule has 0 aromatic carbocycles. The van der Waals surface area contributed by atoms with E-state index in [-0.39, 0.29) is 11.8 Å². The van der Waals surface area contributed by atoms with Crippen molar-refractivity contribution in [3.8, 4) is 0 Å². The number of carbonyl (C=O) groups excluding carboxylic acids is 2. The van der Waals surface area contributed by atoms with Crippen LogP contribution in [0, 0.1) is 11.8 Å². The van der Waals surface area contributed by atoms with E-state index in [1.807, 2.05) is 0 Å². The third-order valence-corrected chi connectivity index (χ3v) is 6.55. The molecule has 0 aromatic heterocycles. The summed E-state index contributed by atoms with van der Waals surface area (Å²) in [7, 11) is 0. The first-order valence-electron chi connectivity index (χ1n) is 12.5. The van der Waals surface area contributed by atoms with Gasteiger partial charge in [-0.1, -0.05) is 64.2 Å². The summed E-state index contributed by atoms with van der Waals surface area (Å²) in [5.41, 5.74) is 0. The molecule has 0 radical (unpaired) electrons. The molecular weight excluding hydrogens is 378 g/mol. The van der Waals surface area contributed by atoms with Gasteiger partial charge in [0.25, 0.3) is 0 Å². The number of rotatable bonds is 18. The number of carboxylic acid groups (broad SMARTS) is 1. The maximum atomic E-state index is 12.0. The zero-order chi connectivity index (χ0) is 22.0. The second-order valence-electron chi connectivity index (χ2n) is 9.27. The van der Waals surface area contributed by atoms with Gasteiger partial charge in [-0.2, -0.15) is 0 Å². The molecule has 0 bridgehead atoms. The minimum atomic E-state index is -0.681. The highest BCUT2D eigenvalue weighted by atomic mass is 16.4. The van der Waals surface area contributed by atoms with Crippen LogP contribution in [-0.2, 0) is 14.4 Å². The average Bonchev–Trinajstić information content (AvgIpc) is 2.72. The molecule has 1 saturated carbocycles. The van der Waals surface area contributed by atoms with Crippen LogP contribution in [0.5, 0.6) is 0 Å². The van der Waals surface area contributed by atoms with Crippen LogP contribution in [0.3, 0.4) is 0 Å². The summed E-state index contributed by atoms with van der Waals surface area (Å²) in [6, 6.07) is 0. The standard InChI is InChI=1S/C25H45NO4/c1-21(27)23-18-16-22(17-19-23)20-26-24(28)14-12-10-8-6-4-2-3-5-7-9-11-13-15-25(29)30/h22-23H,2-20H2,1H3,(H,26,28)(H,29,30)/t22-,23-. The number of hydrogen-bond donors (Lipinski definition) is 2. The van der Waals surface area contributed by atoms with Gasteiger partial charge in [0, 0.05) is 25.3 Å². The van der Waals surface area contributed by atoms with E-state index < -0.39 is 5.97 Å². The van der Waals surface area contributed by atoms with Gasteiger partial charge in [0.1, 0.15) is 5.78 Å². The quantitative estimate of drug-likeness (QED) is 0.263. The number of aliphatic carboxylic acids is 1. The number of Topliss-reactive ketones (excluding diaryl/α,β-unsaturated/α-hetero) is 1. The minimum Gasteiger partial charge on any atom is -0.481 e. The van der Waals surface area contributed by atoms with Gasteiger partial charge < -0.3 is 10.4 Å². The van der Waals surface area contributed by atoms with Crippen LogP contribution in [-0.4, -0.2) is 29.3 Å². The number of unbranched alkanes of at least 4 members (excludes halogenated alkanes) is 11. The molecule has 5 nitrogen and oxygen atoms in total. The van der Waals surface area contributed by atoms with Crippen molar-refractivity contribution in [2.24, 2.45) is 11.8 Å². The molecule has 2 N–H and O–H groups in total. The van der Waals surface area contributed by atoms with Crippen LogP contribution >= 0.6 is 0 Å². The Kier molecular flexibility index (Phi) is 15.4. The molecule has 1 aliphatic rings. The maximum Gasteiger partial charge on any atom is 0.303 e. The molecule has 5 heteroatoms. The van der Waals surface area contributed by atoms with E-state index in [4.69, 9.17) is 5.11 Å². The summed E-state index contributed by atoms with van der Waals surface area (Å²) in [4.78, 5) is 33.8. The third-order valence-electron chi connectivity index (χ3n) is 6.55. The number of carboxylic acids is 1. The Hall–Kier alpha value is -1.39. The topological polar surface area (TPSA) is 83.5 Å². The molecule has 1 rings (SSSR count). The van der Waals surface area contributed by atoms with Crippen molar-refractivity contribution in [1.29, 1.82) is 0 Å². The summed E-state index contributed by atoms with van der Waals surface area (Å²) in [6.07, 6.45) is 19.1. The van der Waals surface area contributed by atoms with Gasteiger partial charge >= 0.3 is 5.97 Å². The normalized spacial score (nSPS) is 18.8. The van der Waals surface area contributed by atoms with Crippen molar-refractivity contribution in [2.75, 3.05) is 6.54 Å². The Bertz CT molecular complexity index is 484. The molecule has 0 spiro atoms. The number of carbonyl (C=O) groups is 3. The van der Waals surface area contributed by atoms with Crippen LogP contribution in [0.25, 0.3) is 0 Å². The minimum absolute atomic E-state index is 0.187. The molecule has 0 atom stereocenters. The SMILES string of the molecule is CC(=O)[C@H]1CC[C@H](CNC(=O)CCCCCCCCCCCCCCC(=O)O)CC1. The highest BCUT2D eigenvalue weighted by molar-refractivity contribution is 5.78. The van der Waals surface area contributed by atoms with Crippen LogP contribution in [0.15, 0.2) is 0 Å². The van der Waals surface area contributed by atoms with E-state index in [0.29, 0.717) is 24.5 Å². The molecule has 1 amide bonds. The van der Waals surface area contributed by atoms with Gasteiger partial charge in [-0.25, -0.2) is 0 Å². The van der Waals surface area contributed by atoms with Crippen molar-refractivity contribution >= 4 is 17.7 Å². The van der Waals surface area contributed by atoms with Crippen molar-refractivity contribution < 1.29 is 19.5 Å². The number of hydrogen-bond acceptors (Lipinski definition) is 3. The van der Waals surface area contributed by atoms with Crippen molar-refractivity contribution in [3.63, 3.8) is 0 Å². The van der Waals surface area contributed by atoms with Gasteiger partial charge in [-0.05, 0) is 51.4 Å². The molecule has 0 aliphatic heterocycles. The van der Waals surface area contributed by atoms with Crippen LogP contribution in [0.1, 0.15) is 122 Å². The second-order valence-corrected chi connectivity index (χ2v) is 9.27. The van der Waals surface area contributed by atoms with E-state index in [1.165, 1.54) is 44.9 Å². The zero-order valence-corrected chi connectivity index (χ0v) is 19.3. The van der Waals surface area contributed by atoms with E-state index in [9.17, 15) is 14.4 Å². The van der Waals surface area contributed by atoms with Crippen molar-refractivity contribution in [1.82, 2.24) is 5.32 Å². The summed E-state index contributed by atoms with van der Waals surface area (Å²) in [5, 5.41) is 11.7. The largest absolute Gasteiger partial charge is 0.481 e. The highest BCUT2D eigenvalue weighted by Crippen LogP contribution is 2.28. The van der Waals surface area contributed by atoms with Crippen LogP contribution in [0.2, 0.25) is 0 Å². The average molecular weight is 424 g/mol. The predicted molar refractivity (Wildman–Crippen MR) is 121 cm³/mol. The van der Waals surface area contributed by atoms with E-state index in [1.54, 1.807) is 6.92 Å². The highest BCUT2D eigenvalue weighted by Gasteiger charge is 2.23. The molecule has 174 valence electrons. The summed E-state index contributed by atoms with van der Waals surface area (Å²) >= 11 is 0. The Balaban J connectivity index is 1.81. The number of nitrogens with one attached hydrogen (secondary N) is 1. The molecule has 30 heavy (non-hydrogen) atoms. The van der Waals surface area contributed by atoms with Gasteiger partial charge in [0.05, 0.1) is 0 Å². The summed E-state index contributed by atoms with van der Waals surface area (Å²) < 4.78 is 0. The van der Waals surface area contributed by atoms with Crippen LogP contribution < -0.4 is 5.32 Å². The molecule has 1 aliphatic carbocycles. The predicted octanol–water partition coefficient (Wildman–Crippen LogP) is 6.04. The lowest BCUT2D eigenvalue weighted by Gasteiger charge is -2.27. The molecule has 0 saturated heterocycles. The second kappa shape index (κ2) is 17.3. The maximum absolute atomic E-state index is 12.0. The first-order chi connectivity index (χ1) is 14.5. The van der Waals surface area contributed by atoms with Crippen LogP contribution in [0.4, 0.5) is 0 Å². The van der Waals surface area contributed by atoms with Crippen molar-refractivity contribution in [3.05, 3.63) is 0 Å². The molecule has 0 heterocycles. The summed E-state index contributed by atoms with van der Waals surface area (Å²) in [5.74, 6) is 0.635. The Morgan fingerprint density at radius 2 is 1.13 bits per heavy atom. The van der Waals surface area contributed by atoms with E-state index in [0.717, 1.165) is 64.3 Å². The molecule has 1 fully saturated rings. The molecule has 0 aromatic rings. The number of ketones is 1. The first kappa shape index (κ1) is 26.6. The zero-order valence-electron chi connectivity index (χ0n) is 19.3.